The molecule has 1 aromatic carbocycles. The van der Waals surface area contributed by atoms with Crippen molar-refractivity contribution in [3.8, 4) is 0 Å². The molecule has 0 unspecified atom stereocenters. The Hall–Kier alpha value is 0.813. The van der Waals surface area contributed by atoms with E-state index in [1.165, 1.54) is 16.7 Å². The van der Waals surface area contributed by atoms with Crippen LogP contribution in [0.5, 0.6) is 0 Å². The summed E-state index contributed by atoms with van der Waals surface area (Å²) >= 11 is 0. The molecule has 0 aliphatic carbocycles. The molecule has 0 heterocycles. The molecule has 11 heavy (non-hydrogen) atoms. The minimum atomic E-state index is 0. The second-order valence-electron chi connectivity index (χ2n) is 2.40. The van der Waals surface area contributed by atoms with Gasteiger partial charge in [0.05, 0.1) is 0 Å². The average molecular weight is 271 g/mol. The maximum absolute atomic E-state index is 2.20. The second kappa shape index (κ2) is 7.46. The van der Waals surface area contributed by atoms with E-state index in [4.69, 9.17) is 0 Å². The molecule has 3 heteroatoms. The van der Waals surface area contributed by atoms with Crippen molar-refractivity contribution < 1.29 is 26.2 Å². The van der Waals surface area contributed by atoms with Gasteiger partial charge >= 0.3 is 0 Å². The Labute approximate surface area is 100 Å². The van der Waals surface area contributed by atoms with Gasteiger partial charge in [-0.2, -0.15) is 17.2 Å². The van der Waals surface area contributed by atoms with Crippen molar-refractivity contribution in [3.63, 3.8) is 0 Å². The first-order valence-corrected chi connectivity index (χ1v) is 2.90. The summed E-state index contributed by atoms with van der Waals surface area (Å²) in [6.07, 6.45) is 0. The van der Waals surface area contributed by atoms with Gasteiger partial charge in [-0.3, -0.25) is 0 Å². The molecule has 0 N–H and O–H groups in total. The van der Waals surface area contributed by atoms with Gasteiger partial charge in [0.2, 0.25) is 0 Å². The predicted molar refractivity (Wildman–Crippen MR) is 50.7 cm³/mol. The standard InChI is InChI=1S/C8H11.2ClH.Zr/c1-6-4-7(2)8(3)5-6;;;/h4-5H,1-3H3;2*1H;/q-1;;;. The van der Waals surface area contributed by atoms with E-state index in [1.54, 1.807) is 0 Å². The van der Waals surface area contributed by atoms with Gasteiger partial charge in [-0.05, 0) is 0 Å². The topological polar surface area (TPSA) is 0 Å². The maximum Gasteiger partial charge on any atom is 0 e. The Bertz CT molecular complexity index is 174. The van der Waals surface area contributed by atoms with Gasteiger partial charge in [-0.15, -0.1) is 24.8 Å². The Balaban J connectivity index is -0.000000213. The molecule has 0 aromatic heterocycles. The van der Waals surface area contributed by atoms with E-state index in [1.807, 2.05) is 0 Å². The molecule has 0 aliphatic heterocycles. The van der Waals surface area contributed by atoms with Crippen LogP contribution < -0.4 is 0 Å². The summed E-state index contributed by atoms with van der Waals surface area (Å²) in [5.74, 6) is 0. The summed E-state index contributed by atoms with van der Waals surface area (Å²) in [4.78, 5) is 0. The van der Waals surface area contributed by atoms with Crippen LogP contribution in [0.4, 0.5) is 0 Å². The molecule has 64 valence electrons. The zero-order chi connectivity index (χ0) is 6.15. The Morgan fingerprint density at radius 3 is 1.73 bits per heavy atom. The quantitative estimate of drug-likeness (QED) is 0.636. The fraction of sp³-hybridized carbons (Fsp3) is 0.375. The van der Waals surface area contributed by atoms with Gasteiger partial charge in [0.15, 0.2) is 0 Å². The van der Waals surface area contributed by atoms with E-state index < -0.39 is 0 Å². The van der Waals surface area contributed by atoms with Crippen LogP contribution in [0.15, 0.2) is 12.1 Å². The van der Waals surface area contributed by atoms with Crippen LogP contribution >= 0.6 is 24.8 Å². The number of rotatable bonds is 0. The van der Waals surface area contributed by atoms with Gasteiger partial charge in [0, 0.05) is 26.2 Å². The molecule has 0 radical (unpaired) electrons. The van der Waals surface area contributed by atoms with Crippen molar-refractivity contribution in [2.75, 3.05) is 0 Å². The molecule has 0 bridgehead atoms. The van der Waals surface area contributed by atoms with E-state index in [9.17, 15) is 0 Å². The maximum atomic E-state index is 2.20. The van der Waals surface area contributed by atoms with Crippen molar-refractivity contribution in [1.29, 1.82) is 0 Å². The molecule has 1 rings (SSSR count). The fourth-order valence-electron chi connectivity index (χ4n) is 0.952. The summed E-state index contributed by atoms with van der Waals surface area (Å²) in [6.45, 7) is 6.41. The minimum absolute atomic E-state index is 0. The third-order valence-electron chi connectivity index (χ3n) is 1.51. The van der Waals surface area contributed by atoms with E-state index in [2.05, 4.69) is 32.9 Å². The largest absolute Gasteiger partial charge is 0.208 e. The van der Waals surface area contributed by atoms with E-state index in [-0.39, 0.29) is 51.0 Å². The zero-order valence-electron chi connectivity index (χ0n) is 6.97. The third kappa shape index (κ3) is 5.12. The molecular formula is C8H13Cl2Zr-. The number of hydrogen-bond donors (Lipinski definition) is 0. The van der Waals surface area contributed by atoms with E-state index >= 15 is 0 Å². The van der Waals surface area contributed by atoms with Crippen molar-refractivity contribution in [1.82, 2.24) is 0 Å². The zero-order valence-corrected chi connectivity index (χ0v) is 11.1. The SMILES string of the molecule is Cc1cc(C)[c-](C)c1.Cl.Cl.[Zr]. The van der Waals surface area contributed by atoms with Crippen molar-refractivity contribution >= 4 is 24.8 Å². The summed E-state index contributed by atoms with van der Waals surface area (Å²) in [5, 5.41) is 0. The van der Waals surface area contributed by atoms with Crippen LogP contribution in [-0.2, 0) is 26.2 Å². The summed E-state index contributed by atoms with van der Waals surface area (Å²) in [5.41, 5.74) is 4.19. The molecule has 0 atom stereocenters. The van der Waals surface area contributed by atoms with Gasteiger partial charge < -0.3 is 0 Å². The minimum Gasteiger partial charge on any atom is -0.208 e. The normalized spacial score (nSPS) is 7.18. The average Bonchev–Trinajstić information content (AvgIpc) is 1.85. The molecular weight excluding hydrogens is 258 g/mol. The summed E-state index contributed by atoms with van der Waals surface area (Å²) in [7, 11) is 0. The predicted octanol–water partition coefficient (Wildman–Crippen LogP) is 3.17. The Morgan fingerprint density at radius 1 is 1.18 bits per heavy atom. The second-order valence-corrected chi connectivity index (χ2v) is 2.40. The monoisotopic (exact) mass is 269 g/mol. The molecule has 0 saturated heterocycles. The van der Waals surface area contributed by atoms with Crippen molar-refractivity contribution in [2.24, 2.45) is 0 Å². The summed E-state index contributed by atoms with van der Waals surface area (Å²) < 4.78 is 0. The summed E-state index contributed by atoms with van der Waals surface area (Å²) in [6, 6.07) is 4.41. The first kappa shape index (κ1) is 17.8. The molecule has 0 aliphatic rings. The van der Waals surface area contributed by atoms with Crippen LogP contribution in [0, 0.1) is 20.8 Å². The number of halogens is 2. The van der Waals surface area contributed by atoms with Gasteiger partial charge in [0.25, 0.3) is 0 Å². The Morgan fingerprint density at radius 2 is 1.64 bits per heavy atom. The molecule has 0 amide bonds. The van der Waals surface area contributed by atoms with Gasteiger partial charge in [0.1, 0.15) is 0 Å². The third-order valence-corrected chi connectivity index (χ3v) is 1.51. The van der Waals surface area contributed by atoms with Crippen LogP contribution in [0.3, 0.4) is 0 Å². The molecule has 0 saturated carbocycles. The molecule has 0 spiro atoms. The molecule has 0 nitrogen and oxygen atoms in total. The van der Waals surface area contributed by atoms with E-state index in [0.29, 0.717) is 0 Å². The van der Waals surface area contributed by atoms with Crippen LogP contribution in [0.2, 0.25) is 0 Å². The number of hydrogen-bond acceptors (Lipinski definition) is 0. The Kier molecular flexibility index (Phi) is 12.1. The van der Waals surface area contributed by atoms with Crippen molar-refractivity contribution in [3.05, 3.63) is 28.8 Å². The van der Waals surface area contributed by atoms with Gasteiger partial charge in [-0.25, -0.2) is 11.6 Å². The first-order valence-electron chi connectivity index (χ1n) is 2.90. The first-order chi connectivity index (χ1) is 3.70. The number of aryl methyl sites for hydroxylation is 3. The van der Waals surface area contributed by atoms with Crippen molar-refractivity contribution in [2.45, 2.75) is 20.8 Å². The van der Waals surface area contributed by atoms with Crippen LogP contribution in [-0.4, -0.2) is 0 Å². The molecule has 0 fully saturated rings. The smallest absolute Gasteiger partial charge is 0 e. The fourth-order valence-corrected chi connectivity index (χ4v) is 0.952. The molecule has 1 aromatic rings. The van der Waals surface area contributed by atoms with E-state index in [0.717, 1.165) is 0 Å². The van der Waals surface area contributed by atoms with Gasteiger partial charge in [-0.1, -0.05) is 20.8 Å². The van der Waals surface area contributed by atoms with Crippen LogP contribution in [0.1, 0.15) is 16.7 Å². The van der Waals surface area contributed by atoms with Crippen LogP contribution in [0.25, 0.3) is 0 Å².